The van der Waals surface area contributed by atoms with Crippen LogP contribution in [-0.4, -0.2) is 38.3 Å². The van der Waals surface area contributed by atoms with Crippen LogP contribution >= 0.6 is 0 Å². The molecule has 1 fully saturated rings. The van der Waals surface area contributed by atoms with Gasteiger partial charge in [-0.1, -0.05) is 0 Å². The van der Waals surface area contributed by atoms with Crippen molar-refractivity contribution in [2.45, 2.75) is 19.1 Å². The first-order valence-corrected chi connectivity index (χ1v) is 5.65. The molecular weight excluding hydrogens is 222 g/mol. The summed E-state index contributed by atoms with van der Waals surface area (Å²) in [5, 5.41) is 9.42. The van der Waals surface area contributed by atoms with Gasteiger partial charge in [0.1, 0.15) is 0 Å². The van der Waals surface area contributed by atoms with Crippen molar-refractivity contribution in [1.82, 2.24) is 14.0 Å². The van der Waals surface area contributed by atoms with Gasteiger partial charge >= 0.3 is 5.69 Å². The number of rotatable bonds is 2. The highest BCUT2D eigenvalue weighted by atomic mass is 16.3. The van der Waals surface area contributed by atoms with E-state index in [1.54, 1.807) is 7.05 Å². The molecule has 0 saturated carbocycles. The molecule has 1 aliphatic rings. The highest BCUT2D eigenvalue weighted by Gasteiger charge is 2.21. The largest absolute Gasteiger partial charge is 0.392 e. The molecule has 6 nitrogen and oxygen atoms in total. The molecule has 0 aromatic carbocycles. The fraction of sp³-hybridized carbons (Fsp3) is 0.636. The van der Waals surface area contributed by atoms with Crippen LogP contribution in [0.5, 0.6) is 0 Å². The minimum atomic E-state index is -0.313. The van der Waals surface area contributed by atoms with Crippen molar-refractivity contribution >= 4 is 0 Å². The zero-order valence-electron chi connectivity index (χ0n) is 10.1. The Morgan fingerprint density at radius 3 is 2.65 bits per heavy atom. The van der Waals surface area contributed by atoms with Gasteiger partial charge in [-0.3, -0.25) is 18.8 Å². The Labute approximate surface area is 98.7 Å². The van der Waals surface area contributed by atoms with Gasteiger partial charge in [0.15, 0.2) is 0 Å². The lowest BCUT2D eigenvalue weighted by molar-refractivity contribution is 0.174. The molecule has 0 radical (unpaired) electrons. The van der Waals surface area contributed by atoms with Crippen LogP contribution in [-0.2, 0) is 20.6 Å². The van der Waals surface area contributed by atoms with E-state index in [-0.39, 0.29) is 17.4 Å². The van der Waals surface area contributed by atoms with Crippen molar-refractivity contribution in [3.05, 3.63) is 32.6 Å². The molecule has 0 amide bonds. The molecule has 2 heterocycles. The number of aliphatic hydroxyl groups is 1. The molecule has 0 aliphatic carbocycles. The molecule has 1 aromatic heterocycles. The molecule has 1 saturated heterocycles. The predicted molar refractivity (Wildman–Crippen MR) is 62.8 cm³/mol. The van der Waals surface area contributed by atoms with Gasteiger partial charge in [-0.05, 0) is 6.42 Å². The molecule has 1 aliphatic heterocycles. The molecule has 6 heteroatoms. The Morgan fingerprint density at radius 2 is 2.06 bits per heavy atom. The normalized spacial score (nSPS) is 21.0. The zero-order valence-corrected chi connectivity index (χ0v) is 10.1. The third kappa shape index (κ3) is 2.32. The third-order valence-electron chi connectivity index (χ3n) is 3.26. The summed E-state index contributed by atoms with van der Waals surface area (Å²) >= 11 is 0. The Bertz CT molecular complexity index is 532. The van der Waals surface area contributed by atoms with Crippen LogP contribution in [0.3, 0.4) is 0 Å². The predicted octanol–water partition coefficient (Wildman–Crippen LogP) is -1.35. The average molecular weight is 239 g/mol. The summed E-state index contributed by atoms with van der Waals surface area (Å²) < 4.78 is 2.56. The van der Waals surface area contributed by atoms with Crippen LogP contribution in [0, 0.1) is 0 Å². The number of nitrogens with zero attached hydrogens (tertiary/aromatic N) is 3. The first kappa shape index (κ1) is 12.1. The van der Waals surface area contributed by atoms with E-state index >= 15 is 0 Å². The Balaban J connectivity index is 2.28. The van der Waals surface area contributed by atoms with E-state index in [0.29, 0.717) is 18.8 Å². The van der Waals surface area contributed by atoms with Crippen LogP contribution in [0.1, 0.15) is 12.1 Å². The lowest BCUT2D eigenvalue weighted by Crippen LogP contribution is -2.39. The lowest BCUT2D eigenvalue weighted by Gasteiger charge is -2.17. The van der Waals surface area contributed by atoms with Gasteiger partial charge in [0.05, 0.1) is 6.10 Å². The van der Waals surface area contributed by atoms with E-state index in [4.69, 9.17) is 0 Å². The van der Waals surface area contributed by atoms with Crippen molar-refractivity contribution in [3.8, 4) is 0 Å². The van der Waals surface area contributed by atoms with Crippen molar-refractivity contribution < 1.29 is 5.11 Å². The Hall–Kier alpha value is -1.40. The molecule has 0 bridgehead atoms. The summed E-state index contributed by atoms with van der Waals surface area (Å²) in [5.74, 6) is 0. The SMILES string of the molecule is Cn1c(CN2CC[C@H](O)C2)cc(=O)n(C)c1=O. The molecule has 1 N–H and O–H groups in total. The first-order chi connectivity index (χ1) is 7.99. The molecule has 94 valence electrons. The number of likely N-dealkylation sites (tertiary alicyclic amines) is 1. The molecule has 1 aromatic rings. The van der Waals surface area contributed by atoms with E-state index in [0.717, 1.165) is 17.5 Å². The summed E-state index contributed by atoms with van der Waals surface area (Å²) in [6.45, 7) is 1.92. The third-order valence-corrected chi connectivity index (χ3v) is 3.26. The first-order valence-electron chi connectivity index (χ1n) is 5.65. The maximum Gasteiger partial charge on any atom is 0.330 e. The Morgan fingerprint density at radius 1 is 1.35 bits per heavy atom. The van der Waals surface area contributed by atoms with E-state index in [1.165, 1.54) is 17.7 Å². The highest BCUT2D eigenvalue weighted by Crippen LogP contribution is 2.11. The fourth-order valence-electron chi connectivity index (χ4n) is 2.11. The maximum atomic E-state index is 11.7. The standard InChI is InChI=1S/C11H17N3O3/c1-12-8(5-10(16)13(2)11(12)17)6-14-4-3-9(15)7-14/h5,9,15H,3-4,6-7H2,1-2H3/t9-/m0/s1. The van der Waals surface area contributed by atoms with Gasteiger partial charge in [0.25, 0.3) is 5.56 Å². The minimum absolute atomic E-state index is 0.289. The second-order valence-corrected chi connectivity index (χ2v) is 4.55. The summed E-state index contributed by atoms with van der Waals surface area (Å²) in [5.41, 5.74) is 0.0855. The van der Waals surface area contributed by atoms with Crippen LogP contribution in [0.25, 0.3) is 0 Å². The van der Waals surface area contributed by atoms with Crippen molar-refractivity contribution in [2.24, 2.45) is 14.1 Å². The molecule has 0 unspecified atom stereocenters. The minimum Gasteiger partial charge on any atom is -0.392 e. The second-order valence-electron chi connectivity index (χ2n) is 4.55. The zero-order chi connectivity index (χ0) is 12.6. The van der Waals surface area contributed by atoms with Gasteiger partial charge in [0.2, 0.25) is 0 Å². The lowest BCUT2D eigenvalue weighted by atomic mass is 10.3. The van der Waals surface area contributed by atoms with Crippen molar-refractivity contribution in [2.75, 3.05) is 13.1 Å². The quantitative estimate of drug-likeness (QED) is 0.693. The highest BCUT2D eigenvalue weighted by molar-refractivity contribution is 5.02. The van der Waals surface area contributed by atoms with E-state index in [2.05, 4.69) is 0 Å². The summed E-state index contributed by atoms with van der Waals surface area (Å²) in [6.07, 6.45) is 0.456. The fourth-order valence-corrected chi connectivity index (χ4v) is 2.11. The summed E-state index contributed by atoms with van der Waals surface area (Å²) in [7, 11) is 3.12. The molecule has 17 heavy (non-hydrogen) atoms. The number of aliphatic hydroxyl groups excluding tert-OH is 1. The summed E-state index contributed by atoms with van der Waals surface area (Å²) in [4.78, 5) is 25.3. The molecule has 1 atom stereocenters. The second kappa shape index (κ2) is 4.46. The maximum absolute atomic E-state index is 11.7. The van der Waals surface area contributed by atoms with Crippen LogP contribution < -0.4 is 11.2 Å². The number of hydrogen-bond acceptors (Lipinski definition) is 4. The number of β-amino-alcohol motifs (C(OH)–C–C–N with tert-alkyl or cyclic N) is 1. The Kier molecular flexibility index (Phi) is 3.17. The summed E-state index contributed by atoms with van der Waals surface area (Å²) in [6, 6.07) is 1.48. The van der Waals surface area contributed by atoms with Crippen LogP contribution in [0.2, 0.25) is 0 Å². The van der Waals surface area contributed by atoms with Gasteiger partial charge in [-0.25, -0.2) is 4.79 Å². The van der Waals surface area contributed by atoms with Crippen molar-refractivity contribution in [3.63, 3.8) is 0 Å². The van der Waals surface area contributed by atoms with Gasteiger partial charge in [0, 0.05) is 45.5 Å². The molecular formula is C11H17N3O3. The monoisotopic (exact) mass is 239 g/mol. The van der Waals surface area contributed by atoms with E-state index in [1.807, 2.05) is 4.90 Å². The van der Waals surface area contributed by atoms with E-state index < -0.39 is 0 Å². The van der Waals surface area contributed by atoms with Gasteiger partial charge in [-0.2, -0.15) is 0 Å². The number of hydrogen-bond donors (Lipinski definition) is 1. The van der Waals surface area contributed by atoms with Crippen molar-refractivity contribution in [1.29, 1.82) is 0 Å². The molecule has 0 spiro atoms. The molecule has 2 rings (SSSR count). The van der Waals surface area contributed by atoms with Crippen LogP contribution in [0.4, 0.5) is 0 Å². The van der Waals surface area contributed by atoms with Gasteiger partial charge in [-0.15, -0.1) is 0 Å². The average Bonchev–Trinajstić information content (AvgIpc) is 2.69. The topological polar surface area (TPSA) is 67.5 Å². The number of aromatic nitrogens is 2. The smallest absolute Gasteiger partial charge is 0.330 e. The van der Waals surface area contributed by atoms with Gasteiger partial charge < -0.3 is 5.11 Å². The van der Waals surface area contributed by atoms with Crippen LogP contribution in [0.15, 0.2) is 15.7 Å². The van der Waals surface area contributed by atoms with E-state index in [9.17, 15) is 14.7 Å².